The number of aliphatic carboxylic acids is 1. The van der Waals surface area contributed by atoms with Crippen LogP contribution in [0.25, 0.3) is 0 Å². The van der Waals surface area contributed by atoms with Crippen LogP contribution in [-0.2, 0) is 19.7 Å². The molecule has 0 rings (SSSR count). The van der Waals surface area contributed by atoms with Crippen LogP contribution in [0.1, 0.15) is 80.1 Å². The standard InChI is InChI=1S/C11H21NO6S.2C6H15N/c1-12(8-9-19(16,17)18)10(13)6-4-2-3-5-7-11(14)15;2*1-4-7(5-2)6-3/h2-9H2,1H3,(H,14,15)(H,16,17,18);2*4-6H2,1-3H3. The van der Waals surface area contributed by atoms with Crippen molar-refractivity contribution in [2.75, 3.05) is 58.6 Å². The van der Waals surface area contributed by atoms with Gasteiger partial charge in [-0.2, -0.15) is 0 Å². The number of nitrogens with zero attached hydrogens (tertiary/aromatic N) is 1. The molecule has 0 aliphatic carbocycles. The Morgan fingerprint density at radius 3 is 1.36 bits per heavy atom. The van der Waals surface area contributed by atoms with Crippen LogP contribution < -0.4 is 14.9 Å². The number of carboxylic acid groups (broad SMARTS) is 1. The van der Waals surface area contributed by atoms with Gasteiger partial charge in [-0.05, 0) is 60.8 Å². The van der Waals surface area contributed by atoms with Gasteiger partial charge in [-0.25, -0.2) is 8.42 Å². The van der Waals surface area contributed by atoms with E-state index in [1.165, 1.54) is 51.2 Å². The van der Waals surface area contributed by atoms with E-state index in [-0.39, 0.29) is 25.3 Å². The van der Waals surface area contributed by atoms with Gasteiger partial charge in [0.15, 0.2) is 0 Å². The molecule has 0 spiro atoms. The van der Waals surface area contributed by atoms with Crippen molar-refractivity contribution in [1.82, 2.24) is 4.90 Å². The lowest BCUT2D eigenvalue weighted by Crippen LogP contribution is -3.11. The third-order valence-corrected chi connectivity index (χ3v) is 6.31. The maximum Gasteiger partial charge on any atom is 0.222 e. The Kier molecular flexibility index (Phi) is 26.3. The SMILES string of the molecule is CC[NH+](CC)CC.CC[NH+](CC)CC.CN(CCS(=O)(=O)[O-])C(=O)CCCCCCC(=O)[O-]. The van der Waals surface area contributed by atoms with E-state index in [2.05, 4.69) is 41.5 Å². The Balaban J connectivity index is -0.000000524. The summed E-state index contributed by atoms with van der Waals surface area (Å²) in [7, 11) is -2.85. The molecule has 2 N–H and O–H groups in total. The quantitative estimate of drug-likeness (QED) is 0.207. The van der Waals surface area contributed by atoms with Crippen LogP contribution in [0.3, 0.4) is 0 Å². The molecule has 0 unspecified atom stereocenters. The zero-order valence-corrected chi connectivity index (χ0v) is 23.0. The van der Waals surface area contributed by atoms with Gasteiger partial charge >= 0.3 is 0 Å². The van der Waals surface area contributed by atoms with Crippen LogP contribution in [0.5, 0.6) is 0 Å². The summed E-state index contributed by atoms with van der Waals surface area (Å²) in [5.74, 6) is -1.88. The highest BCUT2D eigenvalue weighted by atomic mass is 32.2. The fourth-order valence-electron chi connectivity index (χ4n) is 2.96. The number of carboxylic acids is 1. The summed E-state index contributed by atoms with van der Waals surface area (Å²) in [4.78, 5) is 26.2. The lowest BCUT2D eigenvalue weighted by Gasteiger charge is -2.18. The third-order valence-electron chi connectivity index (χ3n) is 5.62. The van der Waals surface area contributed by atoms with Crippen molar-refractivity contribution in [3.8, 4) is 0 Å². The van der Waals surface area contributed by atoms with Gasteiger partial charge in [0.25, 0.3) is 0 Å². The highest BCUT2D eigenvalue weighted by Gasteiger charge is 2.09. The normalized spacial score (nSPS) is 10.8. The number of hydrogen-bond acceptors (Lipinski definition) is 6. The molecule has 0 saturated carbocycles. The topological polar surface area (TPSA) is 127 Å². The third kappa shape index (κ3) is 28.7. The van der Waals surface area contributed by atoms with E-state index in [1.54, 1.807) is 9.80 Å². The Labute approximate surface area is 203 Å². The fourth-order valence-corrected chi connectivity index (χ4v) is 3.46. The van der Waals surface area contributed by atoms with E-state index in [0.29, 0.717) is 19.3 Å². The average Bonchev–Trinajstić information content (AvgIpc) is 2.77. The minimum atomic E-state index is -4.30. The van der Waals surface area contributed by atoms with Crippen LogP contribution in [0, 0.1) is 0 Å². The number of nitrogens with one attached hydrogen (secondary N) is 2. The van der Waals surface area contributed by atoms with Crippen molar-refractivity contribution < 1.29 is 37.5 Å². The van der Waals surface area contributed by atoms with Gasteiger partial charge in [0.1, 0.15) is 0 Å². The van der Waals surface area contributed by atoms with Crippen molar-refractivity contribution in [2.24, 2.45) is 0 Å². The lowest BCUT2D eigenvalue weighted by atomic mass is 10.1. The van der Waals surface area contributed by atoms with E-state index < -0.39 is 21.8 Å². The highest BCUT2D eigenvalue weighted by Crippen LogP contribution is 2.06. The first-order valence-corrected chi connectivity index (χ1v) is 14.0. The van der Waals surface area contributed by atoms with Crippen LogP contribution in [-0.4, -0.2) is 88.4 Å². The van der Waals surface area contributed by atoms with Crippen LogP contribution in [0.2, 0.25) is 0 Å². The second kappa shape index (κ2) is 23.9. The monoisotopic (exact) mass is 497 g/mol. The van der Waals surface area contributed by atoms with Crippen molar-refractivity contribution >= 4 is 22.0 Å². The second-order valence-corrected chi connectivity index (χ2v) is 9.51. The molecule has 0 aromatic heterocycles. The molecule has 1 amide bonds. The molecule has 0 aliphatic heterocycles. The Bertz CT molecular complexity index is 542. The maximum atomic E-state index is 11.5. The summed E-state index contributed by atoms with van der Waals surface area (Å²) in [5.41, 5.74) is 0. The molecular weight excluding hydrogens is 446 g/mol. The summed E-state index contributed by atoms with van der Waals surface area (Å²) >= 11 is 0. The van der Waals surface area contributed by atoms with Gasteiger partial charge in [-0.1, -0.05) is 12.8 Å². The summed E-state index contributed by atoms with van der Waals surface area (Å²) in [5, 5.41) is 10.1. The molecule has 0 bridgehead atoms. The molecule has 0 atom stereocenters. The molecule has 200 valence electrons. The van der Waals surface area contributed by atoms with Crippen molar-refractivity contribution in [3.05, 3.63) is 0 Å². The first kappa shape index (κ1) is 36.3. The van der Waals surface area contributed by atoms with Gasteiger partial charge in [0, 0.05) is 26.0 Å². The molecule has 0 fully saturated rings. The predicted molar refractivity (Wildman–Crippen MR) is 130 cm³/mol. The Morgan fingerprint density at radius 2 is 1.09 bits per heavy atom. The van der Waals surface area contributed by atoms with E-state index in [4.69, 9.17) is 0 Å². The lowest BCUT2D eigenvalue weighted by molar-refractivity contribution is -0.894. The van der Waals surface area contributed by atoms with Gasteiger partial charge in [-0.3, -0.25) is 4.79 Å². The summed E-state index contributed by atoms with van der Waals surface area (Å²) < 4.78 is 31.2. The van der Waals surface area contributed by atoms with E-state index >= 15 is 0 Å². The average molecular weight is 498 g/mol. The number of amides is 1. The largest absolute Gasteiger partial charge is 0.748 e. The van der Waals surface area contributed by atoms with Gasteiger partial charge in [0.05, 0.1) is 55.1 Å². The number of unbranched alkanes of at least 4 members (excludes halogenated alkanes) is 3. The van der Waals surface area contributed by atoms with E-state index in [9.17, 15) is 27.7 Å². The molecule has 10 heteroatoms. The molecule has 0 aromatic rings. The fraction of sp³-hybridized carbons (Fsp3) is 0.913. The van der Waals surface area contributed by atoms with E-state index in [1.807, 2.05) is 0 Å². The van der Waals surface area contributed by atoms with Gasteiger partial charge < -0.3 is 29.2 Å². The molecule has 0 aromatic carbocycles. The van der Waals surface area contributed by atoms with Crippen molar-refractivity contribution in [1.29, 1.82) is 0 Å². The van der Waals surface area contributed by atoms with Crippen LogP contribution >= 0.6 is 0 Å². The molecule has 0 aliphatic rings. The van der Waals surface area contributed by atoms with Crippen LogP contribution in [0.15, 0.2) is 0 Å². The minimum Gasteiger partial charge on any atom is -0.748 e. The molecule has 0 radical (unpaired) electrons. The van der Waals surface area contributed by atoms with Gasteiger partial charge in [-0.15, -0.1) is 0 Å². The smallest absolute Gasteiger partial charge is 0.222 e. The molecule has 0 heterocycles. The zero-order valence-electron chi connectivity index (χ0n) is 22.2. The Hall–Kier alpha value is -1.23. The molecule has 33 heavy (non-hydrogen) atoms. The van der Waals surface area contributed by atoms with Crippen LogP contribution in [0.4, 0.5) is 0 Å². The maximum absolute atomic E-state index is 11.5. The molecular formula is C23H51N3O6S. The minimum absolute atomic E-state index is 0.0230. The first-order chi connectivity index (χ1) is 15.4. The number of hydrogen-bond donors (Lipinski definition) is 2. The summed E-state index contributed by atoms with van der Waals surface area (Å²) in [6.07, 6.45) is 2.86. The number of carbonyl (C=O) groups is 2. The highest BCUT2D eigenvalue weighted by molar-refractivity contribution is 7.85. The van der Waals surface area contributed by atoms with Gasteiger partial charge in [0.2, 0.25) is 5.91 Å². The first-order valence-electron chi connectivity index (χ1n) is 12.5. The second-order valence-electron chi connectivity index (χ2n) is 7.98. The van der Waals surface area contributed by atoms with Crippen molar-refractivity contribution in [3.63, 3.8) is 0 Å². The van der Waals surface area contributed by atoms with Crippen molar-refractivity contribution in [2.45, 2.75) is 80.1 Å². The molecule has 9 nitrogen and oxygen atoms in total. The zero-order chi connectivity index (χ0) is 26.3. The number of quaternary nitrogens is 2. The van der Waals surface area contributed by atoms with E-state index in [0.717, 1.165) is 6.42 Å². The summed E-state index contributed by atoms with van der Waals surface area (Å²) in [6.45, 7) is 20.9. The number of carbonyl (C=O) groups excluding carboxylic acids is 2. The molecule has 0 saturated heterocycles. The predicted octanol–water partition coefficient (Wildman–Crippen LogP) is -1.06. The number of rotatable bonds is 16. The Morgan fingerprint density at radius 1 is 0.727 bits per heavy atom. The summed E-state index contributed by atoms with van der Waals surface area (Å²) in [6, 6.07) is 0.